The molecule has 0 N–H and O–H groups in total. The van der Waals surface area contributed by atoms with E-state index in [9.17, 15) is 4.39 Å². The van der Waals surface area contributed by atoms with E-state index in [2.05, 4.69) is 39.4 Å². The third-order valence-corrected chi connectivity index (χ3v) is 6.36. The highest BCUT2D eigenvalue weighted by Gasteiger charge is 2.23. The van der Waals surface area contributed by atoms with Gasteiger partial charge in [0, 0.05) is 12.4 Å². The van der Waals surface area contributed by atoms with E-state index in [1.165, 1.54) is 24.5 Å². The fraction of sp³-hybridized carbons (Fsp3) is 0.160. The van der Waals surface area contributed by atoms with Gasteiger partial charge in [0.25, 0.3) is 5.78 Å². The molecule has 2 heterocycles. The second-order valence-corrected chi connectivity index (χ2v) is 8.52. The van der Waals surface area contributed by atoms with E-state index in [1.807, 2.05) is 43.4 Å². The van der Waals surface area contributed by atoms with Crippen LogP contribution in [0.5, 0.6) is 0 Å². The van der Waals surface area contributed by atoms with Gasteiger partial charge in [0.2, 0.25) is 5.28 Å². The maximum atomic E-state index is 15.0. The number of nitrogens with zero attached hydrogens (tertiary/aromatic N) is 5. The van der Waals surface area contributed by atoms with Crippen molar-refractivity contribution in [2.24, 2.45) is 0 Å². The lowest BCUT2D eigenvalue weighted by Crippen LogP contribution is -2.14. The van der Waals surface area contributed by atoms with Crippen LogP contribution in [-0.4, -0.2) is 26.6 Å². The Bertz CT molecular complexity index is 1470. The highest BCUT2D eigenvalue weighted by atomic mass is 35.5. The molecule has 0 aliphatic heterocycles. The quantitative estimate of drug-likeness (QED) is 0.323. The molecule has 0 spiro atoms. The summed E-state index contributed by atoms with van der Waals surface area (Å²) in [5.41, 5.74) is 4.63. The summed E-state index contributed by atoms with van der Waals surface area (Å²) < 4.78 is 16.7. The monoisotopic (exact) mass is 443 g/mol. The predicted molar refractivity (Wildman–Crippen MR) is 125 cm³/mol. The summed E-state index contributed by atoms with van der Waals surface area (Å²) >= 11 is 6.22. The minimum Gasteiger partial charge on any atom is -0.326 e. The number of hydrogen-bond acceptors (Lipinski definition) is 4. The van der Waals surface area contributed by atoms with Gasteiger partial charge in [0.15, 0.2) is 0 Å². The third-order valence-electron chi connectivity index (χ3n) is 6.12. The van der Waals surface area contributed by atoms with Crippen molar-refractivity contribution < 1.29 is 4.39 Å². The zero-order valence-corrected chi connectivity index (χ0v) is 18.1. The molecule has 0 atom stereocenters. The van der Waals surface area contributed by atoms with Gasteiger partial charge in [-0.25, -0.2) is 8.79 Å². The molecule has 3 aromatic carbocycles. The van der Waals surface area contributed by atoms with Crippen molar-refractivity contribution in [3.05, 3.63) is 83.4 Å². The summed E-state index contributed by atoms with van der Waals surface area (Å²) in [6, 6.07) is 21.4. The van der Waals surface area contributed by atoms with Crippen molar-refractivity contribution in [3.63, 3.8) is 0 Å². The Kier molecular flexibility index (Phi) is 4.36. The average Bonchev–Trinajstić information content (AvgIpc) is 3.61. The minimum atomic E-state index is -0.323. The molecule has 0 amide bonds. The molecule has 0 unspecified atom stereocenters. The highest BCUT2D eigenvalue weighted by molar-refractivity contribution is 6.29. The van der Waals surface area contributed by atoms with Crippen molar-refractivity contribution >= 4 is 39.8 Å². The van der Waals surface area contributed by atoms with E-state index in [-0.39, 0.29) is 11.1 Å². The van der Waals surface area contributed by atoms with Crippen LogP contribution in [0.2, 0.25) is 5.28 Å². The lowest BCUT2D eigenvalue weighted by Gasteiger charge is -2.22. The van der Waals surface area contributed by atoms with Crippen molar-refractivity contribution in [2.45, 2.75) is 18.8 Å². The van der Waals surface area contributed by atoms with Gasteiger partial charge in [0.1, 0.15) is 11.6 Å². The molecule has 158 valence electrons. The molecule has 32 heavy (non-hydrogen) atoms. The third kappa shape index (κ3) is 3.10. The Morgan fingerprint density at radius 3 is 2.50 bits per heavy atom. The molecule has 7 heteroatoms. The Morgan fingerprint density at radius 1 is 0.969 bits per heavy atom. The number of para-hydroxylation sites is 1. The van der Waals surface area contributed by atoms with E-state index < -0.39 is 0 Å². The van der Waals surface area contributed by atoms with Crippen LogP contribution in [0, 0.1) is 5.82 Å². The second-order valence-electron chi connectivity index (χ2n) is 8.18. The van der Waals surface area contributed by atoms with Crippen LogP contribution < -0.4 is 4.90 Å². The molecular formula is C25H19ClFN5. The maximum absolute atomic E-state index is 15.0. The van der Waals surface area contributed by atoms with Gasteiger partial charge in [-0.1, -0.05) is 42.5 Å². The van der Waals surface area contributed by atoms with Gasteiger partial charge >= 0.3 is 0 Å². The second kappa shape index (κ2) is 7.28. The summed E-state index contributed by atoms with van der Waals surface area (Å²) in [7, 11) is 1.81. The van der Waals surface area contributed by atoms with Crippen molar-refractivity contribution in [2.75, 3.05) is 11.9 Å². The molecule has 5 nitrogen and oxygen atoms in total. The largest absolute Gasteiger partial charge is 0.326 e. The van der Waals surface area contributed by atoms with Crippen LogP contribution in [0.4, 0.5) is 15.9 Å². The van der Waals surface area contributed by atoms with Gasteiger partial charge in [-0.15, -0.1) is 10.2 Å². The Balaban J connectivity index is 1.46. The summed E-state index contributed by atoms with van der Waals surface area (Å²) in [5.74, 6) is 1.33. The zero-order valence-electron chi connectivity index (χ0n) is 17.3. The van der Waals surface area contributed by atoms with E-state index in [0.717, 1.165) is 22.0 Å². The van der Waals surface area contributed by atoms with Crippen molar-refractivity contribution in [3.8, 4) is 11.1 Å². The molecule has 1 saturated carbocycles. The first-order valence-corrected chi connectivity index (χ1v) is 10.9. The van der Waals surface area contributed by atoms with Gasteiger partial charge in [-0.3, -0.25) is 0 Å². The molecule has 2 aromatic heterocycles. The number of hydrogen-bond donors (Lipinski definition) is 0. The van der Waals surface area contributed by atoms with E-state index in [0.29, 0.717) is 23.2 Å². The van der Waals surface area contributed by atoms with Gasteiger partial charge in [-0.05, 0) is 71.3 Å². The molecule has 1 fully saturated rings. The predicted octanol–water partition coefficient (Wildman–Crippen LogP) is 6.38. The van der Waals surface area contributed by atoms with Crippen LogP contribution in [0.25, 0.3) is 27.8 Å². The van der Waals surface area contributed by atoms with Gasteiger partial charge < -0.3 is 4.90 Å². The number of benzene rings is 3. The summed E-state index contributed by atoms with van der Waals surface area (Å²) in [5, 5.41) is 9.07. The normalized spacial score (nSPS) is 13.7. The number of anilines is 2. The fourth-order valence-electron chi connectivity index (χ4n) is 4.23. The average molecular weight is 444 g/mol. The van der Waals surface area contributed by atoms with Crippen molar-refractivity contribution in [1.82, 2.24) is 19.6 Å². The van der Waals surface area contributed by atoms with Crippen LogP contribution in [-0.2, 0) is 0 Å². The number of rotatable bonds is 4. The van der Waals surface area contributed by atoms with E-state index >= 15 is 0 Å². The smallest absolute Gasteiger partial charge is 0.258 e. The molecule has 6 rings (SSSR count). The SMILES string of the molecule is CN(c1cc(-c2ccc(C3CC3)cc2)ccc1F)c1nc2nnc(Cl)n2c2ccccc12. The maximum Gasteiger partial charge on any atom is 0.258 e. The molecule has 0 bridgehead atoms. The molecular weight excluding hydrogens is 425 g/mol. The zero-order chi connectivity index (χ0) is 21.8. The van der Waals surface area contributed by atoms with Crippen LogP contribution >= 0.6 is 11.6 Å². The number of halogens is 2. The van der Waals surface area contributed by atoms with Crippen LogP contribution in [0.3, 0.4) is 0 Å². The molecule has 0 saturated heterocycles. The lowest BCUT2D eigenvalue weighted by atomic mass is 10.0. The topological polar surface area (TPSA) is 46.3 Å². The first-order valence-electron chi connectivity index (χ1n) is 10.5. The lowest BCUT2D eigenvalue weighted by molar-refractivity contribution is 0.627. The van der Waals surface area contributed by atoms with Gasteiger partial charge in [-0.2, -0.15) is 4.98 Å². The standard InChI is InChI=1S/C25H19ClFN5/c1-31(23-19-4-2-3-5-21(19)32-24(26)29-30-25(32)28-23)22-14-18(12-13-20(22)27)17-10-8-16(9-11-17)15-6-7-15/h2-5,8-15H,6-7H2,1H3. The molecule has 1 aliphatic carbocycles. The molecule has 1 aliphatic rings. The highest BCUT2D eigenvalue weighted by Crippen LogP contribution is 2.41. The summed E-state index contributed by atoms with van der Waals surface area (Å²) in [4.78, 5) is 6.40. The Hall–Kier alpha value is -3.51. The number of fused-ring (bicyclic) bond motifs is 3. The first-order chi connectivity index (χ1) is 15.6. The summed E-state index contributed by atoms with van der Waals surface area (Å²) in [6.07, 6.45) is 2.54. The number of aromatic nitrogens is 4. The molecule has 5 aromatic rings. The van der Waals surface area contributed by atoms with Crippen molar-refractivity contribution in [1.29, 1.82) is 0 Å². The van der Waals surface area contributed by atoms with Gasteiger partial charge in [0.05, 0.1) is 11.2 Å². The Labute approximate surface area is 189 Å². The van der Waals surface area contributed by atoms with Crippen LogP contribution in [0.1, 0.15) is 24.3 Å². The fourth-order valence-corrected chi connectivity index (χ4v) is 4.44. The van der Waals surface area contributed by atoms with E-state index in [1.54, 1.807) is 9.30 Å². The van der Waals surface area contributed by atoms with Crippen LogP contribution in [0.15, 0.2) is 66.7 Å². The summed E-state index contributed by atoms with van der Waals surface area (Å²) in [6.45, 7) is 0. The minimum absolute atomic E-state index is 0.237. The molecule has 0 radical (unpaired) electrons. The Morgan fingerprint density at radius 2 is 1.72 bits per heavy atom. The first kappa shape index (κ1) is 19.2. The van der Waals surface area contributed by atoms with E-state index in [4.69, 9.17) is 11.6 Å².